The van der Waals surface area contributed by atoms with Crippen LogP contribution in [0.4, 0.5) is 0 Å². The molecular weight excluding hydrogens is 220 g/mol. The van der Waals surface area contributed by atoms with Crippen LogP contribution in [0.25, 0.3) is 4.85 Å². The Morgan fingerprint density at radius 1 is 1.41 bits per heavy atom. The monoisotopic (exact) mass is 232 g/mol. The Balaban J connectivity index is 2.52. The van der Waals surface area contributed by atoms with Crippen LogP contribution >= 0.6 is 0 Å². The molecule has 0 aromatic heterocycles. The normalized spacial score (nSPS) is 10.5. The number of amidine groups is 1. The van der Waals surface area contributed by atoms with E-state index in [1.807, 2.05) is 30.3 Å². The Kier molecular flexibility index (Phi) is 5.25. The summed E-state index contributed by atoms with van der Waals surface area (Å²) in [5, 5.41) is 3.44. The molecule has 0 aliphatic heterocycles. The Labute approximate surface area is 99.5 Å². The molecule has 0 amide bonds. The molecule has 0 unspecified atom stereocenters. The van der Waals surface area contributed by atoms with Crippen molar-refractivity contribution in [2.45, 2.75) is 13.5 Å². The molecule has 5 heteroatoms. The van der Waals surface area contributed by atoms with Gasteiger partial charge in [-0.05, 0) is 12.5 Å². The summed E-state index contributed by atoms with van der Waals surface area (Å²) >= 11 is 0. The summed E-state index contributed by atoms with van der Waals surface area (Å²) in [6, 6.07) is 9.33. The zero-order valence-corrected chi connectivity index (χ0v) is 9.42. The second-order valence-corrected chi connectivity index (χ2v) is 3.01. The van der Waals surface area contributed by atoms with E-state index in [9.17, 15) is 4.79 Å². The van der Waals surface area contributed by atoms with Gasteiger partial charge in [-0.15, -0.1) is 0 Å². The SMILES string of the molecule is [C-]#[N+]C(=NOCc1ccccc1)C(=O)OCC. The Morgan fingerprint density at radius 2 is 2.12 bits per heavy atom. The Hall–Kier alpha value is -2.35. The summed E-state index contributed by atoms with van der Waals surface area (Å²) in [6.45, 7) is 8.83. The summed E-state index contributed by atoms with van der Waals surface area (Å²) in [7, 11) is 0. The first-order valence-electron chi connectivity index (χ1n) is 5.06. The second-order valence-electron chi connectivity index (χ2n) is 3.01. The first-order chi connectivity index (χ1) is 8.27. The van der Waals surface area contributed by atoms with Gasteiger partial charge in [0.05, 0.1) is 11.8 Å². The third-order valence-corrected chi connectivity index (χ3v) is 1.79. The molecule has 0 fully saturated rings. The molecule has 0 aliphatic rings. The molecule has 0 spiro atoms. The van der Waals surface area contributed by atoms with E-state index in [-0.39, 0.29) is 13.2 Å². The number of nitrogens with zero attached hydrogens (tertiary/aromatic N) is 2. The number of hydrogen-bond donors (Lipinski definition) is 0. The maximum Gasteiger partial charge on any atom is 0.398 e. The van der Waals surface area contributed by atoms with Crippen molar-refractivity contribution in [3.63, 3.8) is 0 Å². The van der Waals surface area contributed by atoms with Gasteiger partial charge in [0.25, 0.3) is 0 Å². The quantitative estimate of drug-likeness (QED) is 0.262. The van der Waals surface area contributed by atoms with Crippen LogP contribution in [0.3, 0.4) is 0 Å². The molecule has 88 valence electrons. The average molecular weight is 232 g/mol. The predicted octanol–water partition coefficient (Wildman–Crippen LogP) is 2.00. The zero-order valence-electron chi connectivity index (χ0n) is 9.42. The minimum Gasteiger partial charge on any atom is -0.470 e. The molecule has 0 radical (unpaired) electrons. The molecule has 0 aliphatic carbocycles. The van der Waals surface area contributed by atoms with Gasteiger partial charge < -0.3 is 14.4 Å². The van der Waals surface area contributed by atoms with E-state index in [1.165, 1.54) is 0 Å². The third-order valence-electron chi connectivity index (χ3n) is 1.79. The molecule has 5 nitrogen and oxygen atoms in total. The van der Waals surface area contributed by atoms with Crippen molar-refractivity contribution in [1.29, 1.82) is 0 Å². The van der Waals surface area contributed by atoms with Gasteiger partial charge in [-0.2, -0.15) is 0 Å². The van der Waals surface area contributed by atoms with Gasteiger partial charge in [-0.3, -0.25) is 4.79 Å². The summed E-state index contributed by atoms with van der Waals surface area (Å²) in [5.41, 5.74) is 0.907. The Morgan fingerprint density at radius 3 is 2.71 bits per heavy atom. The average Bonchev–Trinajstić information content (AvgIpc) is 2.36. The number of hydrogen-bond acceptors (Lipinski definition) is 4. The number of benzene rings is 1. The number of rotatable bonds is 4. The smallest absolute Gasteiger partial charge is 0.398 e. The summed E-state index contributed by atoms with van der Waals surface area (Å²) in [5.74, 6) is -1.17. The number of carbonyl (C=O) groups excluding carboxylic acids is 1. The molecule has 1 aromatic rings. The van der Waals surface area contributed by atoms with Crippen LogP contribution in [0.2, 0.25) is 0 Å². The lowest BCUT2D eigenvalue weighted by Gasteiger charge is -1.98. The van der Waals surface area contributed by atoms with Crippen LogP contribution in [0, 0.1) is 6.57 Å². The fraction of sp³-hybridized carbons (Fsp3) is 0.250. The van der Waals surface area contributed by atoms with E-state index in [0.717, 1.165) is 5.56 Å². The first-order valence-corrected chi connectivity index (χ1v) is 5.06. The molecule has 0 bridgehead atoms. The molecule has 0 heterocycles. The standard InChI is InChI=1S/C12H12N2O3/c1-3-16-12(15)11(13-2)14-17-9-10-7-5-4-6-8-10/h4-8H,3,9H2,1H3. The molecule has 17 heavy (non-hydrogen) atoms. The molecule has 0 saturated heterocycles. The highest BCUT2D eigenvalue weighted by molar-refractivity contribution is 6.39. The van der Waals surface area contributed by atoms with E-state index in [0.29, 0.717) is 0 Å². The van der Waals surface area contributed by atoms with Crippen molar-refractivity contribution in [2.75, 3.05) is 6.61 Å². The summed E-state index contributed by atoms with van der Waals surface area (Å²) < 4.78 is 4.63. The van der Waals surface area contributed by atoms with E-state index >= 15 is 0 Å². The lowest BCUT2D eigenvalue weighted by molar-refractivity contribution is -0.135. The molecule has 0 atom stereocenters. The van der Waals surface area contributed by atoms with Gasteiger partial charge in [-0.25, -0.2) is 0 Å². The molecule has 0 N–H and O–H groups in total. The lowest BCUT2D eigenvalue weighted by Crippen LogP contribution is -2.14. The van der Waals surface area contributed by atoms with E-state index in [2.05, 4.69) is 14.7 Å². The van der Waals surface area contributed by atoms with Crippen LogP contribution in [0.5, 0.6) is 0 Å². The maximum atomic E-state index is 11.2. The van der Waals surface area contributed by atoms with Crippen molar-refractivity contribution < 1.29 is 14.4 Å². The minimum atomic E-state index is -0.768. The maximum absolute atomic E-state index is 11.2. The highest BCUT2D eigenvalue weighted by Crippen LogP contribution is 2.01. The zero-order chi connectivity index (χ0) is 12.5. The lowest BCUT2D eigenvalue weighted by atomic mass is 10.2. The van der Waals surface area contributed by atoms with Crippen LogP contribution < -0.4 is 0 Å². The summed E-state index contributed by atoms with van der Waals surface area (Å²) in [4.78, 5) is 19.0. The predicted molar refractivity (Wildman–Crippen MR) is 61.9 cm³/mol. The van der Waals surface area contributed by atoms with Gasteiger partial charge in [-0.1, -0.05) is 36.9 Å². The molecule has 0 saturated carbocycles. The number of esters is 1. The highest BCUT2D eigenvalue weighted by Gasteiger charge is 2.13. The summed E-state index contributed by atoms with van der Waals surface area (Å²) in [6.07, 6.45) is 0. The van der Waals surface area contributed by atoms with Crippen LogP contribution in [-0.4, -0.2) is 18.4 Å². The van der Waals surface area contributed by atoms with Crippen molar-refractivity contribution in [3.05, 3.63) is 47.3 Å². The van der Waals surface area contributed by atoms with Crippen LogP contribution in [0.1, 0.15) is 12.5 Å². The van der Waals surface area contributed by atoms with Gasteiger partial charge in [0.15, 0.2) is 6.61 Å². The molecule has 1 aromatic carbocycles. The molecule has 1 rings (SSSR count). The minimum absolute atomic E-state index is 0.200. The number of oxime groups is 1. The Bertz CT molecular complexity index is 435. The van der Waals surface area contributed by atoms with Crippen molar-refractivity contribution in [3.8, 4) is 0 Å². The van der Waals surface area contributed by atoms with Gasteiger partial charge >= 0.3 is 11.8 Å². The van der Waals surface area contributed by atoms with Crippen molar-refractivity contribution >= 4 is 11.8 Å². The van der Waals surface area contributed by atoms with E-state index in [4.69, 9.17) is 11.4 Å². The van der Waals surface area contributed by atoms with Crippen molar-refractivity contribution in [1.82, 2.24) is 0 Å². The van der Waals surface area contributed by atoms with E-state index in [1.54, 1.807) is 6.92 Å². The topological polar surface area (TPSA) is 52.2 Å². The van der Waals surface area contributed by atoms with E-state index < -0.39 is 11.8 Å². The molecular formula is C12H12N2O3. The fourth-order valence-corrected chi connectivity index (χ4v) is 1.04. The second kappa shape index (κ2) is 7.01. The largest absolute Gasteiger partial charge is 0.470 e. The van der Waals surface area contributed by atoms with Gasteiger partial charge in [0.2, 0.25) is 0 Å². The number of carbonyl (C=O) groups is 1. The fourth-order valence-electron chi connectivity index (χ4n) is 1.04. The highest BCUT2D eigenvalue weighted by atomic mass is 16.6. The van der Waals surface area contributed by atoms with Crippen LogP contribution in [-0.2, 0) is 21.0 Å². The van der Waals surface area contributed by atoms with Gasteiger partial charge in [0, 0.05) is 0 Å². The first kappa shape index (κ1) is 12.7. The number of ether oxygens (including phenoxy) is 1. The van der Waals surface area contributed by atoms with Crippen LogP contribution in [0.15, 0.2) is 35.5 Å². The third kappa shape index (κ3) is 4.34. The van der Waals surface area contributed by atoms with Gasteiger partial charge in [0.1, 0.15) is 0 Å². The van der Waals surface area contributed by atoms with Crippen molar-refractivity contribution in [2.24, 2.45) is 5.16 Å².